The molecule has 0 spiro atoms. The van der Waals surface area contributed by atoms with Gasteiger partial charge in [-0.05, 0) is 0 Å². The first-order valence-electron chi connectivity index (χ1n) is 3.57. The highest BCUT2D eigenvalue weighted by Gasteiger charge is 2.40. The third-order valence-electron chi connectivity index (χ3n) is 1.96. The van der Waals surface area contributed by atoms with Crippen molar-refractivity contribution in [3.63, 3.8) is 0 Å². The molecule has 0 N–H and O–H groups in total. The van der Waals surface area contributed by atoms with E-state index in [0.717, 1.165) is 6.42 Å². The number of hydrogen-bond donors (Lipinski definition) is 0. The van der Waals surface area contributed by atoms with Crippen LogP contribution in [0.5, 0.6) is 0 Å². The Balaban J connectivity index is 2.58. The predicted octanol–water partition coefficient (Wildman–Crippen LogP) is 1.34. The molecule has 0 saturated carbocycles. The van der Waals surface area contributed by atoms with Crippen LogP contribution in [0.3, 0.4) is 0 Å². The second-order valence-electron chi connectivity index (χ2n) is 2.83. The van der Waals surface area contributed by atoms with Gasteiger partial charge in [-0.1, -0.05) is 13.8 Å². The minimum Gasteiger partial charge on any atom is -0.350 e. The van der Waals surface area contributed by atoms with Gasteiger partial charge in [0.1, 0.15) is 0 Å². The molecule has 0 radical (unpaired) electrons. The molecule has 1 atom stereocenters. The molecule has 0 aromatic heterocycles. The van der Waals surface area contributed by atoms with Gasteiger partial charge in [0.15, 0.2) is 0 Å². The lowest BCUT2D eigenvalue weighted by Gasteiger charge is -2.27. The van der Waals surface area contributed by atoms with Crippen LogP contribution in [0.25, 0.3) is 0 Å². The zero-order chi connectivity index (χ0) is 7.61. The van der Waals surface area contributed by atoms with Gasteiger partial charge in [-0.2, -0.15) is 0 Å². The quantitative estimate of drug-likeness (QED) is 0.550. The van der Waals surface area contributed by atoms with Crippen molar-refractivity contribution in [1.29, 1.82) is 0 Å². The molecule has 1 saturated heterocycles. The Hall–Kier alpha value is -0.120. The van der Waals surface area contributed by atoms with E-state index in [-0.39, 0.29) is 0 Å². The Bertz CT molecular complexity index is 105. The van der Waals surface area contributed by atoms with Gasteiger partial charge < -0.3 is 4.74 Å². The lowest BCUT2D eigenvalue weighted by molar-refractivity contribution is -0.386. The van der Waals surface area contributed by atoms with Crippen LogP contribution in [0.4, 0.5) is 0 Å². The molecule has 3 heteroatoms. The van der Waals surface area contributed by atoms with Crippen molar-refractivity contribution >= 4 is 0 Å². The minimum atomic E-state index is -0.486. The summed E-state index contributed by atoms with van der Waals surface area (Å²) in [6, 6.07) is 0. The summed E-state index contributed by atoms with van der Waals surface area (Å²) >= 11 is 0. The molecule has 60 valence electrons. The van der Waals surface area contributed by atoms with Crippen molar-refractivity contribution < 1.29 is 14.5 Å². The van der Waals surface area contributed by atoms with Crippen molar-refractivity contribution in [2.24, 2.45) is 5.92 Å². The molecule has 0 aromatic carbocycles. The van der Waals surface area contributed by atoms with Crippen LogP contribution in [0, 0.1) is 5.92 Å². The summed E-state index contributed by atoms with van der Waals surface area (Å²) in [6.07, 6.45) is 0.821. The molecule has 0 aliphatic carbocycles. The van der Waals surface area contributed by atoms with E-state index < -0.39 is 5.79 Å². The van der Waals surface area contributed by atoms with Crippen molar-refractivity contribution in [2.45, 2.75) is 26.1 Å². The Kier molecular flexibility index (Phi) is 2.28. The van der Waals surface area contributed by atoms with Gasteiger partial charge in [0.05, 0.1) is 6.61 Å². The summed E-state index contributed by atoms with van der Waals surface area (Å²) in [4.78, 5) is 9.82. The maximum atomic E-state index is 5.21. The van der Waals surface area contributed by atoms with E-state index in [1.165, 1.54) is 0 Å². The molecule has 1 fully saturated rings. The van der Waals surface area contributed by atoms with Crippen LogP contribution in [0.15, 0.2) is 0 Å². The van der Waals surface area contributed by atoms with Gasteiger partial charge >= 0.3 is 0 Å². The highest BCUT2D eigenvalue weighted by atomic mass is 17.2. The van der Waals surface area contributed by atoms with Crippen molar-refractivity contribution in [1.82, 2.24) is 0 Å². The van der Waals surface area contributed by atoms with Gasteiger partial charge in [0.25, 0.3) is 0 Å². The highest BCUT2D eigenvalue weighted by molar-refractivity contribution is 4.74. The minimum absolute atomic E-state index is 0.333. The second kappa shape index (κ2) is 2.86. The average Bonchev–Trinajstić information content (AvgIpc) is 2.35. The molecule has 1 rings (SSSR count). The van der Waals surface area contributed by atoms with Crippen molar-refractivity contribution in [2.75, 3.05) is 13.7 Å². The van der Waals surface area contributed by atoms with Gasteiger partial charge in [0.2, 0.25) is 5.79 Å². The zero-order valence-corrected chi connectivity index (χ0v) is 6.72. The van der Waals surface area contributed by atoms with Crippen molar-refractivity contribution in [3.8, 4) is 0 Å². The van der Waals surface area contributed by atoms with Crippen LogP contribution < -0.4 is 0 Å². The topological polar surface area (TPSA) is 27.7 Å². The molecule has 10 heavy (non-hydrogen) atoms. The molecule has 1 heterocycles. The molecule has 1 aliphatic heterocycles. The van der Waals surface area contributed by atoms with Gasteiger partial charge in [-0.3, -0.25) is 0 Å². The maximum Gasteiger partial charge on any atom is 0.205 e. The van der Waals surface area contributed by atoms with Crippen LogP contribution in [0.2, 0.25) is 0 Å². The number of rotatable bonds is 2. The van der Waals surface area contributed by atoms with E-state index in [1.54, 1.807) is 7.11 Å². The third-order valence-corrected chi connectivity index (χ3v) is 1.96. The first kappa shape index (κ1) is 7.98. The lowest BCUT2D eigenvalue weighted by Crippen LogP contribution is -2.36. The SMILES string of the molecule is COC1(C(C)C)CCOO1. The van der Waals surface area contributed by atoms with E-state index in [2.05, 4.69) is 13.8 Å². The molecule has 3 nitrogen and oxygen atoms in total. The monoisotopic (exact) mass is 146 g/mol. The predicted molar refractivity (Wildman–Crippen MR) is 36.2 cm³/mol. The molecule has 0 amide bonds. The molecule has 1 aliphatic rings. The van der Waals surface area contributed by atoms with Crippen molar-refractivity contribution in [3.05, 3.63) is 0 Å². The number of hydrogen-bond acceptors (Lipinski definition) is 3. The van der Waals surface area contributed by atoms with E-state index >= 15 is 0 Å². The lowest BCUT2D eigenvalue weighted by atomic mass is 10.0. The number of ether oxygens (including phenoxy) is 1. The van der Waals surface area contributed by atoms with Gasteiger partial charge in [0, 0.05) is 19.4 Å². The summed E-state index contributed by atoms with van der Waals surface area (Å²) in [6.45, 7) is 4.74. The standard InChI is InChI=1S/C7H14O3/c1-6(2)7(8-3)4-5-9-10-7/h6H,4-5H2,1-3H3. The average molecular weight is 146 g/mol. The summed E-state index contributed by atoms with van der Waals surface area (Å²) < 4.78 is 5.21. The molecule has 0 bridgehead atoms. The maximum absolute atomic E-state index is 5.21. The van der Waals surface area contributed by atoms with Gasteiger partial charge in [-0.25, -0.2) is 9.78 Å². The Morgan fingerprint density at radius 3 is 2.40 bits per heavy atom. The summed E-state index contributed by atoms with van der Waals surface area (Å²) in [7, 11) is 1.65. The molecule has 0 aromatic rings. The fraction of sp³-hybridized carbons (Fsp3) is 1.00. The normalized spacial score (nSPS) is 33.6. The fourth-order valence-corrected chi connectivity index (χ4v) is 1.12. The van der Waals surface area contributed by atoms with E-state index in [9.17, 15) is 0 Å². The summed E-state index contributed by atoms with van der Waals surface area (Å²) in [5.74, 6) is -0.153. The number of methoxy groups -OCH3 is 1. The Morgan fingerprint density at radius 1 is 1.50 bits per heavy atom. The Morgan fingerprint density at radius 2 is 2.20 bits per heavy atom. The van der Waals surface area contributed by atoms with E-state index in [0.29, 0.717) is 12.5 Å². The smallest absolute Gasteiger partial charge is 0.205 e. The molecule has 1 unspecified atom stereocenters. The van der Waals surface area contributed by atoms with E-state index in [4.69, 9.17) is 14.5 Å². The van der Waals surface area contributed by atoms with Gasteiger partial charge in [-0.15, -0.1) is 0 Å². The second-order valence-corrected chi connectivity index (χ2v) is 2.83. The largest absolute Gasteiger partial charge is 0.350 e. The Labute approximate surface area is 61.2 Å². The van der Waals surface area contributed by atoms with Crippen LogP contribution >= 0.6 is 0 Å². The first-order chi connectivity index (χ1) is 4.71. The van der Waals surface area contributed by atoms with Crippen LogP contribution in [-0.2, 0) is 14.5 Å². The van der Waals surface area contributed by atoms with Crippen LogP contribution in [-0.4, -0.2) is 19.5 Å². The molecular formula is C7H14O3. The van der Waals surface area contributed by atoms with Crippen LogP contribution in [0.1, 0.15) is 20.3 Å². The fourth-order valence-electron chi connectivity index (χ4n) is 1.12. The highest BCUT2D eigenvalue weighted by Crippen LogP contribution is 2.31. The summed E-state index contributed by atoms with van der Waals surface area (Å²) in [5.41, 5.74) is 0. The van der Waals surface area contributed by atoms with E-state index in [1.807, 2.05) is 0 Å². The first-order valence-corrected chi connectivity index (χ1v) is 3.57. The molecular weight excluding hydrogens is 132 g/mol. The third kappa shape index (κ3) is 1.17. The zero-order valence-electron chi connectivity index (χ0n) is 6.72. The summed E-state index contributed by atoms with van der Waals surface area (Å²) in [5, 5.41) is 0.